The van der Waals surface area contributed by atoms with Crippen molar-refractivity contribution in [1.29, 1.82) is 0 Å². The summed E-state index contributed by atoms with van der Waals surface area (Å²) in [6.07, 6.45) is -4.09. The van der Waals surface area contributed by atoms with Crippen molar-refractivity contribution in [1.82, 2.24) is 4.90 Å². The fourth-order valence-corrected chi connectivity index (χ4v) is 2.94. The van der Waals surface area contributed by atoms with Gasteiger partial charge in [0.05, 0.1) is 13.2 Å². The number of morpholine rings is 1. The average Bonchev–Trinajstić information content (AvgIpc) is 2.95. The van der Waals surface area contributed by atoms with E-state index in [9.17, 15) is 18.0 Å². The van der Waals surface area contributed by atoms with Gasteiger partial charge in [0.1, 0.15) is 11.9 Å². The molecule has 2 aliphatic heterocycles. The second-order valence-electron chi connectivity index (χ2n) is 6.12. The molecule has 2 aromatic carbocycles. The highest BCUT2D eigenvalue weighted by atomic mass is 19.3. The van der Waals surface area contributed by atoms with E-state index in [1.807, 2.05) is 0 Å². The van der Waals surface area contributed by atoms with Crippen LogP contribution in [0.4, 0.5) is 23.7 Å². The third-order valence-corrected chi connectivity index (χ3v) is 4.25. The average molecular weight is 380 g/mol. The van der Waals surface area contributed by atoms with Crippen molar-refractivity contribution in [2.24, 2.45) is 0 Å². The zero-order valence-electron chi connectivity index (χ0n) is 14.0. The van der Waals surface area contributed by atoms with Gasteiger partial charge in [-0.05, 0) is 29.8 Å². The molecule has 2 aliphatic rings. The molecular weight excluding hydrogens is 365 g/mol. The lowest BCUT2D eigenvalue weighted by Gasteiger charge is -2.33. The summed E-state index contributed by atoms with van der Waals surface area (Å²) in [6, 6.07) is 9.49. The normalized spacial score (nSPS) is 20.4. The van der Waals surface area contributed by atoms with Gasteiger partial charge < -0.3 is 24.4 Å². The van der Waals surface area contributed by atoms with E-state index in [4.69, 9.17) is 4.74 Å². The Labute approximate surface area is 152 Å². The molecule has 0 aliphatic carbocycles. The lowest BCUT2D eigenvalue weighted by molar-refractivity contribution is -0.286. The number of hydrogen-bond acceptors (Lipinski definition) is 4. The molecule has 1 saturated heterocycles. The van der Waals surface area contributed by atoms with Gasteiger partial charge in [-0.3, -0.25) is 0 Å². The second-order valence-corrected chi connectivity index (χ2v) is 6.12. The molecule has 2 aromatic rings. The first-order valence-corrected chi connectivity index (χ1v) is 8.22. The van der Waals surface area contributed by atoms with Gasteiger partial charge in [-0.15, -0.1) is 8.78 Å². The number of ether oxygens (including phenoxy) is 3. The number of halogens is 3. The van der Waals surface area contributed by atoms with Gasteiger partial charge in [-0.2, -0.15) is 0 Å². The van der Waals surface area contributed by atoms with Gasteiger partial charge in [0.25, 0.3) is 0 Å². The van der Waals surface area contributed by atoms with E-state index in [1.54, 1.807) is 12.1 Å². The monoisotopic (exact) mass is 380 g/mol. The minimum Gasteiger partial charge on any atom is -0.395 e. The predicted octanol–water partition coefficient (Wildman–Crippen LogP) is 3.75. The topological polar surface area (TPSA) is 60.0 Å². The number of amides is 2. The molecule has 1 N–H and O–H groups in total. The van der Waals surface area contributed by atoms with E-state index in [1.165, 1.54) is 35.2 Å². The number of urea groups is 1. The summed E-state index contributed by atoms with van der Waals surface area (Å²) in [7, 11) is 0. The number of carbonyl (C=O) groups excluding carboxylic acids is 1. The van der Waals surface area contributed by atoms with Gasteiger partial charge in [0.15, 0.2) is 11.5 Å². The number of fused-ring (bicyclic) bond motifs is 1. The van der Waals surface area contributed by atoms with Crippen LogP contribution in [0.2, 0.25) is 0 Å². The second kappa shape index (κ2) is 6.66. The number of nitrogens with one attached hydrogen (secondary N) is 1. The maximum atomic E-state index is 13.1. The van der Waals surface area contributed by atoms with Crippen LogP contribution in [0.25, 0.3) is 0 Å². The molecule has 4 rings (SSSR count). The van der Waals surface area contributed by atoms with Crippen molar-refractivity contribution >= 4 is 11.7 Å². The fraction of sp³-hybridized carbons (Fsp3) is 0.278. The predicted molar refractivity (Wildman–Crippen MR) is 88.3 cm³/mol. The molecule has 27 heavy (non-hydrogen) atoms. The Kier molecular flexibility index (Phi) is 4.31. The molecule has 0 bridgehead atoms. The summed E-state index contributed by atoms with van der Waals surface area (Å²) in [5.74, 6) is -0.595. The molecule has 1 atom stereocenters. The lowest BCUT2D eigenvalue weighted by atomic mass is 10.1. The highest BCUT2D eigenvalue weighted by Gasteiger charge is 2.43. The Morgan fingerprint density at radius 3 is 2.63 bits per heavy atom. The van der Waals surface area contributed by atoms with Crippen molar-refractivity contribution in [2.45, 2.75) is 12.4 Å². The van der Waals surface area contributed by atoms with E-state index >= 15 is 0 Å². The van der Waals surface area contributed by atoms with Crippen molar-refractivity contribution in [3.05, 3.63) is 53.8 Å². The van der Waals surface area contributed by atoms with Crippen LogP contribution in [-0.2, 0) is 4.74 Å². The quantitative estimate of drug-likeness (QED) is 0.862. The smallest absolute Gasteiger partial charge is 0.395 e. The zero-order valence-corrected chi connectivity index (χ0v) is 14.0. The highest BCUT2D eigenvalue weighted by Crippen LogP contribution is 2.42. The Morgan fingerprint density at radius 2 is 1.85 bits per heavy atom. The zero-order chi connectivity index (χ0) is 19.0. The van der Waals surface area contributed by atoms with E-state index < -0.39 is 12.3 Å². The lowest BCUT2D eigenvalue weighted by Crippen LogP contribution is -2.44. The first-order valence-electron chi connectivity index (χ1n) is 8.22. The molecule has 6 nitrogen and oxygen atoms in total. The molecule has 0 aromatic heterocycles. The Morgan fingerprint density at radius 1 is 1.11 bits per heavy atom. The van der Waals surface area contributed by atoms with Crippen LogP contribution in [0.1, 0.15) is 11.7 Å². The van der Waals surface area contributed by atoms with Crippen LogP contribution < -0.4 is 14.8 Å². The van der Waals surface area contributed by atoms with Crippen molar-refractivity contribution in [3.8, 4) is 11.5 Å². The summed E-state index contributed by atoms with van der Waals surface area (Å²) in [4.78, 5) is 14.0. The minimum absolute atomic E-state index is 0.0965. The number of hydrogen-bond donors (Lipinski definition) is 1. The van der Waals surface area contributed by atoms with Crippen LogP contribution >= 0.6 is 0 Å². The molecule has 1 fully saturated rings. The van der Waals surface area contributed by atoms with Crippen LogP contribution in [0.15, 0.2) is 42.5 Å². The Hall–Kier alpha value is -2.94. The summed E-state index contributed by atoms with van der Waals surface area (Å²) < 4.78 is 53.6. The Balaban J connectivity index is 1.42. The SMILES string of the molecule is O=C(Nc1ccc2c(c1)OC(F)(F)O2)N1CCOC(c2ccc(F)cc2)C1. The van der Waals surface area contributed by atoms with Crippen molar-refractivity contribution < 1.29 is 32.2 Å². The number of alkyl halides is 2. The van der Waals surface area contributed by atoms with Crippen molar-refractivity contribution in [2.75, 3.05) is 25.0 Å². The number of nitrogens with zero attached hydrogens (tertiary/aromatic N) is 1. The molecule has 0 saturated carbocycles. The van der Waals surface area contributed by atoms with E-state index in [0.717, 1.165) is 5.56 Å². The first kappa shape index (κ1) is 17.5. The third-order valence-electron chi connectivity index (χ3n) is 4.25. The molecule has 142 valence electrons. The molecule has 0 spiro atoms. The van der Waals surface area contributed by atoms with Gasteiger partial charge in [-0.1, -0.05) is 12.1 Å². The standard InChI is InChI=1S/C18H15F3N2O4/c19-12-3-1-11(2-4-12)16-10-23(7-8-25-16)17(24)22-13-5-6-14-15(9-13)27-18(20,21)26-14/h1-6,9,16H,7-8,10H2,(H,22,24). The number of anilines is 1. The molecule has 9 heteroatoms. The van der Waals surface area contributed by atoms with Crippen LogP contribution in [0.3, 0.4) is 0 Å². The first-order chi connectivity index (χ1) is 12.9. The summed E-state index contributed by atoms with van der Waals surface area (Å²) in [6.45, 7) is 0.967. The van der Waals surface area contributed by atoms with Gasteiger partial charge >= 0.3 is 12.3 Å². The maximum Gasteiger partial charge on any atom is 0.586 e. The highest BCUT2D eigenvalue weighted by molar-refractivity contribution is 5.89. The number of rotatable bonds is 2. The molecule has 1 unspecified atom stereocenters. The molecule has 2 heterocycles. The summed E-state index contributed by atoms with van der Waals surface area (Å²) >= 11 is 0. The van der Waals surface area contributed by atoms with Crippen LogP contribution in [-0.4, -0.2) is 36.9 Å². The third kappa shape index (κ3) is 3.77. The van der Waals surface area contributed by atoms with Crippen LogP contribution in [0, 0.1) is 5.82 Å². The molecule has 2 amide bonds. The Bertz CT molecular complexity index is 860. The number of carbonyl (C=O) groups is 1. The van der Waals surface area contributed by atoms with E-state index in [2.05, 4.69) is 14.8 Å². The fourth-order valence-electron chi connectivity index (χ4n) is 2.94. The molecule has 0 radical (unpaired) electrons. The van der Waals surface area contributed by atoms with Crippen molar-refractivity contribution in [3.63, 3.8) is 0 Å². The van der Waals surface area contributed by atoms with Gasteiger partial charge in [0.2, 0.25) is 0 Å². The summed E-state index contributed by atoms with van der Waals surface area (Å²) in [5, 5.41) is 2.64. The molecular formula is C18H15F3N2O4. The van der Waals surface area contributed by atoms with Gasteiger partial charge in [0, 0.05) is 18.3 Å². The minimum atomic E-state index is -3.71. The van der Waals surface area contributed by atoms with E-state index in [0.29, 0.717) is 18.8 Å². The van der Waals surface area contributed by atoms with Gasteiger partial charge in [-0.25, -0.2) is 9.18 Å². The van der Waals surface area contributed by atoms with E-state index in [-0.39, 0.29) is 30.0 Å². The number of benzene rings is 2. The largest absolute Gasteiger partial charge is 0.586 e. The summed E-state index contributed by atoms with van der Waals surface area (Å²) in [5.41, 5.74) is 1.06. The van der Waals surface area contributed by atoms with Crippen LogP contribution in [0.5, 0.6) is 11.5 Å². The maximum absolute atomic E-state index is 13.1.